The first-order chi connectivity index (χ1) is 20.3. The number of hydrogen-bond acceptors (Lipinski definition) is 7. The first kappa shape index (κ1) is 32.0. The van der Waals surface area contributed by atoms with E-state index in [9.17, 15) is 9.59 Å². The van der Waals surface area contributed by atoms with Crippen molar-refractivity contribution >= 4 is 23.3 Å². The lowest BCUT2D eigenvalue weighted by atomic mass is 10.0. The fraction of sp³-hybridized carbons (Fsp3) is 0.361. The second-order valence-electron chi connectivity index (χ2n) is 12.5. The van der Waals surface area contributed by atoms with E-state index in [1.54, 1.807) is 18.4 Å². The number of hydrogen-bond donors (Lipinski definition) is 0. The zero-order chi connectivity index (χ0) is 31.2. The van der Waals surface area contributed by atoms with Gasteiger partial charge in [-0.3, -0.25) is 9.59 Å². The van der Waals surface area contributed by atoms with Crippen molar-refractivity contribution in [3.8, 4) is 38.0 Å². The normalized spacial score (nSPS) is 11.7. The highest BCUT2D eigenvalue weighted by molar-refractivity contribution is 7.19. The minimum absolute atomic E-state index is 0.194. The molecule has 7 heteroatoms. The van der Waals surface area contributed by atoms with E-state index < -0.39 is 11.2 Å². The summed E-state index contributed by atoms with van der Waals surface area (Å²) in [4.78, 5) is 30.5. The SMILES string of the molecule is COc1ccc(-c2nc(-c3ccc(CCC(=O)OC(C)(C)C)cc3)c(-c3ccc(CCC(=O)OC(C)(C)C)cc3)s2)cc1. The summed E-state index contributed by atoms with van der Waals surface area (Å²) in [6, 6.07) is 24.5. The van der Waals surface area contributed by atoms with Crippen LogP contribution in [-0.4, -0.2) is 35.2 Å². The fourth-order valence-corrected chi connectivity index (χ4v) is 5.60. The highest BCUT2D eigenvalue weighted by Gasteiger charge is 2.19. The summed E-state index contributed by atoms with van der Waals surface area (Å²) in [7, 11) is 1.66. The molecule has 1 aromatic heterocycles. The Balaban J connectivity index is 1.57. The standard InChI is InChI=1S/C36H41NO5S/c1-35(2,3)41-30(38)22-12-24-8-14-26(15-9-24)32-33(43-34(37-32)28-18-20-29(40-7)21-19-28)27-16-10-25(11-17-27)13-23-31(39)42-36(4,5)6/h8-11,14-21H,12-13,22-23H2,1-7H3. The number of carbonyl (C=O) groups is 2. The van der Waals surface area contributed by atoms with Gasteiger partial charge < -0.3 is 14.2 Å². The van der Waals surface area contributed by atoms with Gasteiger partial charge in [-0.25, -0.2) is 4.98 Å². The summed E-state index contributed by atoms with van der Waals surface area (Å²) in [5, 5.41) is 0.913. The van der Waals surface area contributed by atoms with E-state index in [0.29, 0.717) is 25.7 Å². The molecular formula is C36H41NO5S. The maximum absolute atomic E-state index is 12.2. The number of esters is 2. The molecule has 0 unspecified atom stereocenters. The Morgan fingerprint density at radius 3 is 1.53 bits per heavy atom. The molecule has 4 rings (SSSR count). The second kappa shape index (κ2) is 13.6. The van der Waals surface area contributed by atoms with Crippen molar-refractivity contribution in [2.75, 3.05) is 7.11 Å². The van der Waals surface area contributed by atoms with Crippen molar-refractivity contribution in [1.82, 2.24) is 4.98 Å². The molecule has 0 fully saturated rings. The first-order valence-corrected chi connectivity index (χ1v) is 15.4. The van der Waals surface area contributed by atoms with Gasteiger partial charge in [-0.1, -0.05) is 48.5 Å². The van der Waals surface area contributed by atoms with Gasteiger partial charge >= 0.3 is 11.9 Å². The lowest BCUT2D eigenvalue weighted by Crippen LogP contribution is -2.24. The molecule has 0 spiro atoms. The first-order valence-electron chi connectivity index (χ1n) is 14.6. The van der Waals surface area contributed by atoms with E-state index >= 15 is 0 Å². The van der Waals surface area contributed by atoms with Gasteiger partial charge in [-0.2, -0.15) is 0 Å². The van der Waals surface area contributed by atoms with E-state index in [0.717, 1.165) is 49.1 Å². The molecule has 0 saturated heterocycles. The number of carbonyl (C=O) groups excluding carboxylic acids is 2. The maximum Gasteiger partial charge on any atom is 0.306 e. The Morgan fingerprint density at radius 1 is 0.651 bits per heavy atom. The summed E-state index contributed by atoms with van der Waals surface area (Å²) < 4.78 is 16.2. The van der Waals surface area contributed by atoms with Gasteiger partial charge in [0.1, 0.15) is 22.0 Å². The van der Waals surface area contributed by atoms with Crippen LogP contribution in [0.15, 0.2) is 72.8 Å². The monoisotopic (exact) mass is 599 g/mol. The summed E-state index contributed by atoms with van der Waals surface area (Å²) in [5.74, 6) is 0.404. The molecular weight excluding hydrogens is 558 g/mol. The van der Waals surface area contributed by atoms with Gasteiger partial charge in [0, 0.05) is 24.0 Å². The number of aryl methyl sites for hydroxylation is 2. The number of ether oxygens (including phenoxy) is 3. The van der Waals surface area contributed by atoms with Gasteiger partial charge in [0.05, 0.1) is 17.7 Å². The van der Waals surface area contributed by atoms with Gasteiger partial charge in [0.15, 0.2) is 0 Å². The Kier molecular flexibility index (Phi) is 10.1. The minimum atomic E-state index is -0.486. The lowest BCUT2D eigenvalue weighted by Gasteiger charge is -2.19. The van der Waals surface area contributed by atoms with E-state index in [1.165, 1.54) is 0 Å². The topological polar surface area (TPSA) is 74.7 Å². The van der Waals surface area contributed by atoms with E-state index in [1.807, 2.05) is 65.8 Å². The number of thiazole rings is 1. The van der Waals surface area contributed by atoms with E-state index in [4.69, 9.17) is 19.2 Å². The minimum Gasteiger partial charge on any atom is -0.497 e. The molecule has 6 nitrogen and oxygen atoms in total. The number of aromatic nitrogens is 1. The molecule has 226 valence electrons. The van der Waals surface area contributed by atoms with Crippen molar-refractivity contribution in [3.05, 3.63) is 83.9 Å². The average Bonchev–Trinajstić information content (AvgIpc) is 3.39. The summed E-state index contributed by atoms with van der Waals surface area (Å²) >= 11 is 1.64. The van der Waals surface area contributed by atoms with Crippen LogP contribution in [0.2, 0.25) is 0 Å². The molecule has 43 heavy (non-hydrogen) atoms. The van der Waals surface area contributed by atoms with Crippen molar-refractivity contribution in [2.45, 2.75) is 78.4 Å². The highest BCUT2D eigenvalue weighted by atomic mass is 32.1. The van der Waals surface area contributed by atoms with Crippen LogP contribution in [0.3, 0.4) is 0 Å². The number of benzene rings is 3. The third-order valence-electron chi connectivity index (χ3n) is 6.48. The summed E-state index contributed by atoms with van der Waals surface area (Å²) in [5.41, 5.74) is 5.14. The highest BCUT2D eigenvalue weighted by Crippen LogP contribution is 2.41. The van der Waals surface area contributed by atoms with Crippen LogP contribution in [0.25, 0.3) is 32.3 Å². The molecule has 3 aromatic carbocycles. The third-order valence-corrected chi connectivity index (χ3v) is 7.64. The fourth-order valence-electron chi connectivity index (χ4n) is 4.50. The molecule has 1 heterocycles. The molecule has 0 aliphatic rings. The van der Waals surface area contributed by atoms with Gasteiger partial charge in [-0.15, -0.1) is 11.3 Å². The van der Waals surface area contributed by atoms with E-state index in [-0.39, 0.29) is 11.9 Å². The molecule has 0 amide bonds. The van der Waals surface area contributed by atoms with Crippen LogP contribution >= 0.6 is 11.3 Å². The average molecular weight is 600 g/mol. The Morgan fingerprint density at radius 2 is 1.09 bits per heavy atom. The van der Waals surface area contributed by atoms with Gasteiger partial charge in [-0.05, 0) is 95.3 Å². The predicted octanol–water partition coefficient (Wildman–Crippen LogP) is 8.70. The molecule has 4 aromatic rings. The number of rotatable bonds is 10. The molecule has 0 bridgehead atoms. The second-order valence-corrected chi connectivity index (χ2v) is 13.5. The Hall–Kier alpha value is -3.97. The summed E-state index contributed by atoms with van der Waals surface area (Å²) in [6.07, 6.45) is 1.90. The quantitative estimate of drug-likeness (QED) is 0.170. The van der Waals surface area contributed by atoms with Crippen LogP contribution in [0.4, 0.5) is 0 Å². The van der Waals surface area contributed by atoms with Gasteiger partial charge in [0.2, 0.25) is 0 Å². The van der Waals surface area contributed by atoms with Gasteiger partial charge in [0.25, 0.3) is 0 Å². The van der Waals surface area contributed by atoms with Crippen LogP contribution in [0, 0.1) is 0 Å². The Bertz CT molecular complexity index is 1430. The number of nitrogens with zero attached hydrogens (tertiary/aromatic N) is 1. The maximum atomic E-state index is 12.2. The molecule has 0 aliphatic heterocycles. The molecule has 0 N–H and O–H groups in total. The third kappa shape index (κ3) is 9.52. The van der Waals surface area contributed by atoms with Crippen molar-refractivity contribution in [1.29, 1.82) is 0 Å². The molecule has 0 atom stereocenters. The number of methoxy groups -OCH3 is 1. The molecule has 0 aliphatic carbocycles. The zero-order valence-corrected chi connectivity index (χ0v) is 27.0. The van der Waals surface area contributed by atoms with Crippen LogP contribution in [0.5, 0.6) is 5.75 Å². The molecule has 0 saturated carbocycles. The van der Waals surface area contributed by atoms with Crippen LogP contribution in [0.1, 0.15) is 65.5 Å². The van der Waals surface area contributed by atoms with E-state index in [2.05, 4.69) is 48.5 Å². The van der Waals surface area contributed by atoms with Crippen molar-refractivity contribution < 1.29 is 23.8 Å². The van der Waals surface area contributed by atoms with Crippen LogP contribution in [-0.2, 0) is 31.9 Å². The van der Waals surface area contributed by atoms with Crippen molar-refractivity contribution in [2.24, 2.45) is 0 Å². The largest absolute Gasteiger partial charge is 0.497 e. The van der Waals surface area contributed by atoms with Crippen molar-refractivity contribution in [3.63, 3.8) is 0 Å². The lowest BCUT2D eigenvalue weighted by molar-refractivity contribution is -0.155. The predicted molar refractivity (Wildman–Crippen MR) is 173 cm³/mol. The molecule has 0 radical (unpaired) electrons. The zero-order valence-electron chi connectivity index (χ0n) is 26.2. The smallest absolute Gasteiger partial charge is 0.306 e. The Labute approximate surface area is 259 Å². The summed E-state index contributed by atoms with van der Waals surface area (Å²) in [6.45, 7) is 11.3. The van der Waals surface area contributed by atoms with Crippen LogP contribution < -0.4 is 4.74 Å².